The first kappa shape index (κ1) is 14.6. The Kier molecular flexibility index (Phi) is 3.59. The van der Waals surface area contributed by atoms with Crippen molar-refractivity contribution in [3.8, 4) is 5.75 Å². The van der Waals surface area contributed by atoms with Crippen LogP contribution in [0.4, 0.5) is 0 Å². The molecule has 4 rings (SSSR count). The molecular weight excluding hydrogens is 322 g/mol. The zero-order valence-electron chi connectivity index (χ0n) is 12.8. The Labute approximate surface area is 141 Å². The van der Waals surface area contributed by atoms with Crippen molar-refractivity contribution in [2.45, 2.75) is 0 Å². The molecule has 0 atom stereocenters. The van der Waals surface area contributed by atoms with Gasteiger partial charge in [-0.1, -0.05) is 18.2 Å². The first-order valence-corrected chi connectivity index (χ1v) is 8.15. The van der Waals surface area contributed by atoms with Gasteiger partial charge in [0.15, 0.2) is 0 Å². The van der Waals surface area contributed by atoms with E-state index in [0.29, 0.717) is 4.70 Å². The molecule has 2 aromatic heterocycles. The van der Waals surface area contributed by atoms with E-state index in [1.165, 1.54) is 22.3 Å². The van der Waals surface area contributed by atoms with E-state index in [1.54, 1.807) is 13.3 Å². The Morgan fingerprint density at radius 3 is 2.75 bits per heavy atom. The molecule has 4 aromatic rings. The van der Waals surface area contributed by atoms with Gasteiger partial charge in [-0.2, -0.15) is 9.78 Å². The third-order valence-electron chi connectivity index (χ3n) is 3.71. The lowest BCUT2D eigenvalue weighted by molar-refractivity contribution is 0.415. The van der Waals surface area contributed by atoms with Crippen LogP contribution in [0.15, 0.2) is 64.8 Å². The molecule has 0 amide bonds. The maximum absolute atomic E-state index is 12.6. The smallest absolute Gasteiger partial charge is 0.291 e. The molecule has 0 fully saturated rings. The Morgan fingerprint density at radius 1 is 1.17 bits per heavy atom. The zero-order chi connectivity index (χ0) is 16.5. The molecule has 0 spiro atoms. The van der Waals surface area contributed by atoms with Gasteiger partial charge in [0.1, 0.15) is 16.8 Å². The van der Waals surface area contributed by atoms with Crippen molar-refractivity contribution < 1.29 is 4.74 Å². The van der Waals surface area contributed by atoms with Crippen LogP contribution in [-0.4, -0.2) is 23.0 Å². The van der Waals surface area contributed by atoms with E-state index in [9.17, 15) is 4.79 Å². The molecule has 0 N–H and O–H groups in total. The molecule has 0 aliphatic carbocycles. The molecule has 0 aliphatic heterocycles. The number of benzene rings is 2. The largest absolute Gasteiger partial charge is 0.497 e. The maximum atomic E-state index is 12.6. The number of thiophene rings is 1. The van der Waals surface area contributed by atoms with E-state index < -0.39 is 0 Å². The van der Waals surface area contributed by atoms with Crippen LogP contribution in [0.5, 0.6) is 5.75 Å². The van der Waals surface area contributed by atoms with Crippen LogP contribution in [0.25, 0.3) is 20.3 Å². The Bertz CT molecular complexity index is 1110. The van der Waals surface area contributed by atoms with Crippen LogP contribution in [0, 0.1) is 0 Å². The standard InChI is InChI=1S/C18H13N3O2S/c1-23-13-8-6-12(7-9-13)10-20-21-11-19-16-14-4-2-3-5-15(14)24-17(16)18(21)22/h2-11H,1H3. The molecule has 6 heteroatoms. The summed E-state index contributed by atoms with van der Waals surface area (Å²) in [6, 6.07) is 15.3. The van der Waals surface area contributed by atoms with Crippen LogP contribution < -0.4 is 10.3 Å². The molecule has 0 radical (unpaired) electrons. The number of methoxy groups -OCH3 is 1. The fraction of sp³-hybridized carbons (Fsp3) is 0.0556. The summed E-state index contributed by atoms with van der Waals surface area (Å²) in [6.45, 7) is 0. The number of fused-ring (bicyclic) bond motifs is 3. The van der Waals surface area contributed by atoms with Gasteiger partial charge >= 0.3 is 0 Å². The van der Waals surface area contributed by atoms with Gasteiger partial charge in [0.25, 0.3) is 5.56 Å². The average molecular weight is 335 g/mol. The summed E-state index contributed by atoms with van der Waals surface area (Å²) >= 11 is 1.44. The molecule has 0 saturated carbocycles. The molecule has 118 valence electrons. The minimum absolute atomic E-state index is 0.161. The van der Waals surface area contributed by atoms with Crippen molar-refractivity contribution in [2.24, 2.45) is 5.10 Å². The number of nitrogens with zero attached hydrogens (tertiary/aromatic N) is 3. The Morgan fingerprint density at radius 2 is 1.96 bits per heavy atom. The van der Waals surface area contributed by atoms with Crippen molar-refractivity contribution in [2.75, 3.05) is 7.11 Å². The highest BCUT2D eigenvalue weighted by Gasteiger charge is 2.10. The Balaban J connectivity index is 1.76. The minimum Gasteiger partial charge on any atom is -0.497 e. The molecule has 2 heterocycles. The zero-order valence-corrected chi connectivity index (χ0v) is 13.7. The summed E-state index contributed by atoms with van der Waals surface area (Å²) in [4.78, 5) is 17.0. The fourth-order valence-electron chi connectivity index (χ4n) is 2.47. The third-order valence-corrected chi connectivity index (χ3v) is 4.86. The van der Waals surface area contributed by atoms with Crippen LogP contribution in [-0.2, 0) is 0 Å². The molecule has 0 aliphatic rings. The van der Waals surface area contributed by atoms with Gasteiger partial charge in [-0.3, -0.25) is 4.79 Å². The van der Waals surface area contributed by atoms with Gasteiger partial charge in [-0.05, 0) is 35.9 Å². The fourth-order valence-corrected chi connectivity index (χ4v) is 3.56. The number of aromatic nitrogens is 2. The first-order chi connectivity index (χ1) is 11.8. The monoisotopic (exact) mass is 335 g/mol. The summed E-state index contributed by atoms with van der Waals surface area (Å²) in [5.74, 6) is 0.776. The first-order valence-electron chi connectivity index (χ1n) is 7.33. The van der Waals surface area contributed by atoms with Gasteiger partial charge in [-0.15, -0.1) is 11.3 Å². The quantitative estimate of drug-likeness (QED) is 0.538. The Hall–Kier alpha value is -2.99. The summed E-state index contributed by atoms with van der Waals surface area (Å²) in [6.07, 6.45) is 3.09. The van der Waals surface area contributed by atoms with Crippen molar-refractivity contribution in [1.29, 1.82) is 0 Å². The highest BCUT2D eigenvalue weighted by molar-refractivity contribution is 7.25. The molecular formula is C18H13N3O2S. The van der Waals surface area contributed by atoms with E-state index in [4.69, 9.17) is 4.74 Å². The highest BCUT2D eigenvalue weighted by Crippen LogP contribution is 2.29. The third kappa shape index (κ3) is 2.47. The van der Waals surface area contributed by atoms with Crippen LogP contribution in [0.3, 0.4) is 0 Å². The van der Waals surface area contributed by atoms with Crippen molar-refractivity contribution in [3.63, 3.8) is 0 Å². The van der Waals surface area contributed by atoms with Gasteiger partial charge in [-0.25, -0.2) is 4.98 Å². The lowest BCUT2D eigenvalue weighted by Gasteiger charge is -2.00. The van der Waals surface area contributed by atoms with Gasteiger partial charge in [0, 0.05) is 10.1 Å². The topological polar surface area (TPSA) is 56.5 Å². The minimum atomic E-state index is -0.161. The lowest BCUT2D eigenvalue weighted by atomic mass is 10.2. The second-order valence-electron chi connectivity index (χ2n) is 5.19. The number of hydrogen-bond donors (Lipinski definition) is 0. The summed E-state index contributed by atoms with van der Waals surface area (Å²) in [7, 11) is 1.62. The second-order valence-corrected chi connectivity index (χ2v) is 6.24. The van der Waals surface area contributed by atoms with Crippen molar-refractivity contribution in [1.82, 2.24) is 9.66 Å². The molecule has 24 heavy (non-hydrogen) atoms. The summed E-state index contributed by atoms with van der Waals surface area (Å²) in [5, 5.41) is 5.24. The van der Waals surface area contributed by atoms with Crippen molar-refractivity contribution >= 4 is 37.9 Å². The van der Waals surface area contributed by atoms with Crippen LogP contribution in [0.1, 0.15) is 5.56 Å². The predicted molar refractivity (Wildman–Crippen MR) is 97.4 cm³/mol. The molecule has 2 aromatic carbocycles. The summed E-state index contributed by atoms with van der Waals surface area (Å²) < 4.78 is 8.05. The summed E-state index contributed by atoms with van der Waals surface area (Å²) in [5.41, 5.74) is 1.45. The van der Waals surface area contributed by atoms with E-state index in [1.807, 2.05) is 48.5 Å². The average Bonchev–Trinajstić information content (AvgIpc) is 3.01. The molecule has 0 bridgehead atoms. The van der Waals surface area contributed by atoms with Crippen molar-refractivity contribution in [3.05, 3.63) is 70.8 Å². The normalized spacial score (nSPS) is 11.5. The maximum Gasteiger partial charge on any atom is 0.291 e. The van der Waals surface area contributed by atoms with Crippen LogP contribution >= 0.6 is 11.3 Å². The van der Waals surface area contributed by atoms with E-state index in [2.05, 4.69) is 10.1 Å². The SMILES string of the molecule is COc1ccc(C=Nn2cnc3c(sc4ccccc43)c2=O)cc1. The second kappa shape index (κ2) is 5.90. The van der Waals surface area contributed by atoms with E-state index in [-0.39, 0.29) is 5.56 Å². The van der Waals surface area contributed by atoms with E-state index >= 15 is 0 Å². The van der Waals surface area contributed by atoms with Gasteiger partial charge < -0.3 is 4.74 Å². The predicted octanol–water partition coefficient (Wildman–Crippen LogP) is 3.50. The van der Waals surface area contributed by atoms with E-state index in [0.717, 1.165) is 26.9 Å². The van der Waals surface area contributed by atoms with Crippen LogP contribution in [0.2, 0.25) is 0 Å². The highest BCUT2D eigenvalue weighted by atomic mass is 32.1. The molecule has 5 nitrogen and oxygen atoms in total. The lowest BCUT2D eigenvalue weighted by Crippen LogP contribution is -2.15. The number of ether oxygens (including phenoxy) is 1. The molecule has 0 saturated heterocycles. The van der Waals surface area contributed by atoms with Gasteiger partial charge in [0.05, 0.1) is 18.8 Å². The molecule has 0 unspecified atom stereocenters. The van der Waals surface area contributed by atoms with Gasteiger partial charge in [0.2, 0.25) is 0 Å². The number of rotatable bonds is 3. The number of hydrogen-bond acceptors (Lipinski definition) is 5.